The lowest BCUT2D eigenvalue weighted by molar-refractivity contribution is -0.136. The molecule has 0 aliphatic carbocycles. The summed E-state index contributed by atoms with van der Waals surface area (Å²) in [6.07, 6.45) is 1.87. The van der Waals surface area contributed by atoms with E-state index in [2.05, 4.69) is 0 Å². The Balaban J connectivity index is 1.93. The minimum Gasteiger partial charge on any atom is -0.391 e. The first-order valence-corrected chi connectivity index (χ1v) is 6.09. The zero-order valence-electron chi connectivity index (χ0n) is 9.84. The first-order valence-electron chi connectivity index (χ1n) is 6.09. The summed E-state index contributed by atoms with van der Waals surface area (Å²) < 4.78 is 0. The smallest absolute Gasteiger partial charge is 0.314 e. The second kappa shape index (κ2) is 4.91. The van der Waals surface area contributed by atoms with Crippen molar-refractivity contribution in [2.45, 2.75) is 25.4 Å². The van der Waals surface area contributed by atoms with Crippen molar-refractivity contribution < 1.29 is 14.7 Å². The maximum atomic E-state index is 12.2. The molecule has 2 saturated heterocycles. The number of hydrogen-bond acceptors (Lipinski definition) is 3. The van der Waals surface area contributed by atoms with Crippen molar-refractivity contribution in [2.24, 2.45) is 11.7 Å². The number of urea groups is 1. The number of piperidine rings is 1. The highest BCUT2D eigenvalue weighted by Gasteiger charge is 2.33. The third-order valence-corrected chi connectivity index (χ3v) is 3.56. The minimum atomic E-state index is -0.455. The van der Waals surface area contributed by atoms with Gasteiger partial charge in [-0.05, 0) is 19.3 Å². The van der Waals surface area contributed by atoms with Crippen molar-refractivity contribution in [1.82, 2.24) is 9.80 Å². The van der Waals surface area contributed by atoms with Crippen molar-refractivity contribution in [1.29, 1.82) is 0 Å². The summed E-state index contributed by atoms with van der Waals surface area (Å²) in [6, 6.07) is -0.455. The van der Waals surface area contributed by atoms with Gasteiger partial charge in [0.25, 0.3) is 0 Å². The number of primary amides is 1. The summed E-state index contributed by atoms with van der Waals surface area (Å²) >= 11 is 0. The molecule has 2 fully saturated rings. The van der Waals surface area contributed by atoms with Crippen molar-refractivity contribution in [3.8, 4) is 0 Å². The first kappa shape index (κ1) is 12.2. The van der Waals surface area contributed by atoms with Gasteiger partial charge in [0.15, 0.2) is 0 Å². The van der Waals surface area contributed by atoms with Crippen LogP contribution < -0.4 is 5.73 Å². The van der Waals surface area contributed by atoms with Crippen LogP contribution in [0.15, 0.2) is 0 Å². The Labute approximate surface area is 100 Å². The molecule has 0 aromatic carbocycles. The quantitative estimate of drug-likeness (QED) is 0.641. The van der Waals surface area contributed by atoms with E-state index in [4.69, 9.17) is 5.73 Å². The molecule has 2 aliphatic rings. The Morgan fingerprint density at radius 2 is 1.88 bits per heavy atom. The van der Waals surface area contributed by atoms with Crippen LogP contribution in [0.25, 0.3) is 0 Å². The van der Waals surface area contributed by atoms with Crippen molar-refractivity contribution in [3.05, 3.63) is 0 Å². The molecular weight excluding hydrogens is 222 g/mol. The Morgan fingerprint density at radius 3 is 2.47 bits per heavy atom. The molecule has 96 valence electrons. The SMILES string of the molecule is NC(=O)N1CCCC(C(=O)N2CCC(O)C2)C1. The Bertz CT molecular complexity index is 321. The average Bonchev–Trinajstić information content (AvgIpc) is 2.75. The molecule has 0 aromatic rings. The van der Waals surface area contributed by atoms with Crippen LogP contribution in [-0.2, 0) is 4.79 Å². The Morgan fingerprint density at radius 1 is 1.12 bits per heavy atom. The van der Waals surface area contributed by atoms with E-state index in [-0.39, 0.29) is 11.8 Å². The van der Waals surface area contributed by atoms with E-state index < -0.39 is 12.1 Å². The number of rotatable bonds is 1. The fourth-order valence-corrected chi connectivity index (χ4v) is 2.58. The van der Waals surface area contributed by atoms with Crippen LogP contribution >= 0.6 is 0 Å². The van der Waals surface area contributed by atoms with Crippen molar-refractivity contribution in [3.63, 3.8) is 0 Å². The van der Waals surface area contributed by atoms with Crippen molar-refractivity contribution >= 4 is 11.9 Å². The molecular formula is C11H19N3O3. The number of β-amino-alcohol motifs (C(OH)–C–C–N with tert-alkyl or cyclic N) is 1. The maximum absolute atomic E-state index is 12.2. The molecule has 6 nitrogen and oxygen atoms in total. The molecule has 2 unspecified atom stereocenters. The number of hydrogen-bond donors (Lipinski definition) is 2. The number of amides is 3. The standard InChI is InChI=1S/C11H19N3O3/c12-11(17)14-4-1-2-8(6-14)10(16)13-5-3-9(15)7-13/h8-9,15H,1-7H2,(H2,12,17). The van der Waals surface area contributed by atoms with Crippen LogP contribution in [0.3, 0.4) is 0 Å². The van der Waals surface area contributed by atoms with E-state index in [1.54, 1.807) is 4.90 Å². The third kappa shape index (κ3) is 2.69. The normalized spacial score (nSPS) is 29.5. The van der Waals surface area contributed by atoms with E-state index >= 15 is 0 Å². The predicted molar refractivity (Wildman–Crippen MR) is 61.1 cm³/mol. The number of nitrogens with two attached hydrogens (primary N) is 1. The van der Waals surface area contributed by atoms with E-state index in [1.807, 2.05) is 0 Å². The van der Waals surface area contributed by atoms with Crippen LogP contribution in [0.1, 0.15) is 19.3 Å². The Hall–Kier alpha value is -1.30. The van der Waals surface area contributed by atoms with Gasteiger partial charge in [-0.1, -0.05) is 0 Å². The lowest BCUT2D eigenvalue weighted by Crippen LogP contribution is -2.48. The molecule has 0 spiro atoms. The molecule has 0 radical (unpaired) electrons. The summed E-state index contributed by atoms with van der Waals surface area (Å²) in [6.45, 7) is 2.10. The lowest BCUT2D eigenvalue weighted by Gasteiger charge is -2.32. The monoisotopic (exact) mass is 241 g/mol. The number of carbonyl (C=O) groups excluding carboxylic acids is 2. The fraction of sp³-hybridized carbons (Fsp3) is 0.818. The second-order valence-corrected chi connectivity index (χ2v) is 4.85. The van der Waals surface area contributed by atoms with Crippen LogP contribution in [0.2, 0.25) is 0 Å². The number of carbonyl (C=O) groups is 2. The summed E-state index contributed by atoms with van der Waals surface area (Å²) in [7, 11) is 0. The van der Waals surface area contributed by atoms with Gasteiger partial charge in [-0.2, -0.15) is 0 Å². The molecule has 0 bridgehead atoms. The number of aliphatic hydroxyl groups excluding tert-OH is 1. The maximum Gasteiger partial charge on any atom is 0.314 e. The summed E-state index contributed by atoms with van der Waals surface area (Å²) in [4.78, 5) is 26.4. The zero-order chi connectivity index (χ0) is 12.4. The summed E-state index contributed by atoms with van der Waals surface area (Å²) in [5, 5.41) is 9.41. The van der Waals surface area contributed by atoms with E-state index in [0.29, 0.717) is 32.6 Å². The molecule has 2 heterocycles. The van der Waals surface area contributed by atoms with Gasteiger partial charge in [0.2, 0.25) is 5.91 Å². The summed E-state index contributed by atoms with van der Waals surface area (Å²) in [5.41, 5.74) is 5.23. The largest absolute Gasteiger partial charge is 0.391 e. The molecule has 3 N–H and O–H groups in total. The van der Waals surface area contributed by atoms with Crippen LogP contribution in [0, 0.1) is 5.92 Å². The molecule has 0 saturated carbocycles. The van der Waals surface area contributed by atoms with Gasteiger partial charge in [0.1, 0.15) is 0 Å². The molecule has 17 heavy (non-hydrogen) atoms. The molecule has 2 rings (SSSR count). The third-order valence-electron chi connectivity index (χ3n) is 3.56. The van der Waals surface area contributed by atoms with E-state index in [1.165, 1.54) is 4.90 Å². The van der Waals surface area contributed by atoms with Gasteiger partial charge < -0.3 is 20.6 Å². The van der Waals surface area contributed by atoms with Crippen LogP contribution in [0.5, 0.6) is 0 Å². The second-order valence-electron chi connectivity index (χ2n) is 4.85. The highest BCUT2D eigenvalue weighted by Crippen LogP contribution is 2.21. The van der Waals surface area contributed by atoms with Crippen molar-refractivity contribution in [2.75, 3.05) is 26.2 Å². The lowest BCUT2D eigenvalue weighted by atomic mass is 9.97. The predicted octanol–water partition coefficient (Wildman–Crippen LogP) is -0.630. The van der Waals surface area contributed by atoms with Crippen LogP contribution in [0.4, 0.5) is 4.79 Å². The Kier molecular flexibility index (Phi) is 3.51. The highest BCUT2D eigenvalue weighted by atomic mass is 16.3. The topological polar surface area (TPSA) is 86.9 Å². The van der Waals surface area contributed by atoms with Crippen LogP contribution in [-0.4, -0.2) is 59.1 Å². The van der Waals surface area contributed by atoms with Gasteiger partial charge in [0, 0.05) is 26.2 Å². The van der Waals surface area contributed by atoms with Gasteiger partial charge in [-0.25, -0.2) is 4.79 Å². The molecule has 2 atom stereocenters. The van der Waals surface area contributed by atoms with Gasteiger partial charge in [-0.3, -0.25) is 4.79 Å². The first-order chi connectivity index (χ1) is 8.08. The molecule has 6 heteroatoms. The number of nitrogens with zero attached hydrogens (tertiary/aromatic N) is 2. The summed E-state index contributed by atoms with van der Waals surface area (Å²) in [5.74, 6) is -0.103. The molecule has 3 amide bonds. The highest BCUT2D eigenvalue weighted by molar-refractivity contribution is 5.80. The number of aliphatic hydroxyl groups is 1. The van der Waals surface area contributed by atoms with E-state index in [9.17, 15) is 14.7 Å². The number of likely N-dealkylation sites (tertiary alicyclic amines) is 2. The average molecular weight is 241 g/mol. The van der Waals surface area contributed by atoms with Gasteiger partial charge in [-0.15, -0.1) is 0 Å². The fourth-order valence-electron chi connectivity index (χ4n) is 2.58. The van der Waals surface area contributed by atoms with Gasteiger partial charge >= 0.3 is 6.03 Å². The van der Waals surface area contributed by atoms with Gasteiger partial charge in [0.05, 0.1) is 12.0 Å². The molecule has 0 aromatic heterocycles. The van der Waals surface area contributed by atoms with E-state index in [0.717, 1.165) is 12.8 Å². The zero-order valence-corrected chi connectivity index (χ0v) is 9.84. The molecule has 2 aliphatic heterocycles. The minimum absolute atomic E-state index is 0.0486.